The van der Waals surface area contributed by atoms with Crippen molar-refractivity contribution in [3.05, 3.63) is 117 Å². The summed E-state index contributed by atoms with van der Waals surface area (Å²) in [6.45, 7) is 17.8. The van der Waals surface area contributed by atoms with E-state index in [0.29, 0.717) is 0 Å². The molecule has 1 aliphatic rings. The maximum Gasteiger partial charge on any atom is 0.327 e. The van der Waals surface area contributed by atoms with E-state index in [1.165, 1.54) is 56.9 Å². The Morgan fingerprint density at radius 2 is 0.652 bits per heavy atom. The summed E-state index contributed by atoms with van der Waals surface area (Å²) < 4.78 is 0. The third kappa shape index (κ3) is 62.0. The number of allylic oxidation sites excluding steroid dienone is 1. The molecule has 0 spiro atoms. The number of carboxylic acids is 6. The lowest BCUT2D eigenvalue weighted by Crippen LogP contribution is -1.84. The molecule has 2 rings (SSSR count). The van der Waals surface area contributed by atoms with Crippen molar-refractivity contribution in [3.63, 3.8) is 0 Å². The Labute approximate surface area is 270 Å². The molecule has 12 heteroatoms. The molecule has 1 aromatic carbocycles. The summed E-state index contributed by atoms with van der Waals surface area (Å²) >= 11 is 0. The zero-order valence-corrected chi connectivity index (χ0v) is 26.0. The number of hydrogen-bond acceptors (Lipinski definition) is 6. The van der Waals surface area contributed by atoms with Gasteiger partial charge in [-0.1, -0.05) is 107 Å². The normalized spacial score (nSPS) is 10.6. The Morgan fingerprint density at radius 1 is 0.435 bits per heavy atom. The number of carboxylic acid groups (broad SMARTS) is 6. The molecule has 0 aromatic heterocycles. The van der Waals surface area contributed by atoms with Crippen LogP contribution in [0.4, 0.5) is 0 Å². The van der Waals surface area contributed by atoms with Gasteiger partial charge in [0.05, 0.1) is 0 Å². The molecular formula is C34H46O12. The smallest absolute Gasteiger partial charge is 0.327 e. The molecule has 1 aromatic rings. The van der Waals surface area contributed by atoms with Crippen molar-refractivity contribution in [2.75, 3.05) is 0 Å². The van der Waals surface area contributed by atoms with Crippen molar-refractivity contribution >= 4 is 41.9 Å². The molecule has 0 atom stereocenters. The third-order valence-electron chi connectivity index (χ3n) is 4.46. The Hall–Kier alpha value is -5.78. The van der Waals surface area contributed by atoms with Crippen molar-refractivity contribution in [1.29, 1.82) is 0 Å². The highest BCUT2D eigenvalue weighted by atomic mass is 16.4. The van der Waals surface area contributed by atoms with E-state index in [-0.39, 0.29) is 0 Å². The molecule has 254 valence electrons. The summed E-state index contributed by atoms with van der Waals surface area (Å²) in [5.41, 5.74) is 3.03. The number of benzene rings is 1. The van der Waals surface area contributed by atoms with Crippen LogP contribution in [0.15, 0.2) is 112 Å². The molecule has 12 nitrogen and oxygen atoms in total. The molecule has 1 fully saturated rings. The van der Waals surface area contributed by atoms with Gasteiger partial charge in [-0.3, -0.25) is 0 Å². The fourth-order valence-electron chi connectivity index (χ4n) is 2.47. The minimum atomic E-state index is -0.981. The lowest BCUT2D eigenvalue weighted by Gasteiger charge is -2.05. The summed E-state index contributed by atoms with van der Waals surface area (Å²) in [4.78, 5) is 55.5. The van der Waals surface area contributed by atoms with Gasteiger partial charge in [0.15, 0.2) is 0 Å². The number of aliphatic carboxylic acids is 6. The number of carbonyl (C=O) groups is 6. The SMILES string of the molecule is C(=C1CCCCCCCC1)c1ccccc1.C=CC(=O)O.C=CC(=O)O.C=CC(=O)O.C=CC(=O)O.C=CC(=O)O.C=CC(=O)O. The Balaban J connectivity index is -0.000000157. The second kappa shape index (κ2) is 39.2. The zero-order chi connectivity index (χ0) is 36.8. The summed E-state index contributed by atoms with van der Waals surface area (Å²) in [5, 5.41) is 45.6. The predicted octanol–water partition coefficient (Wildman–Crippen LogP) is 6.75. The number of rotatable bonds is 7. The minimum Gasteiger partial charge on any atom is -0.478 e. The molecule has 0 bridgehead atoms. The zero-order valence-electron chi connectivity index (χ0n) is 26.0. The van der Waals surface area contributed by atoms with Crippen LogP contribution in [0, 0.1) is 0 Å². The first-order valence-corrected chi connectivity index (χ1v) is 13.4. The quantitative estimate of drug-likeness (QED) is 0.169. The van der Waals surface area contributed by atoms with Crippen LogP contribution in [0.5, 0.6) is 0 Å². The first kappa shape index (κ1) is 49.9. The van der Waals surface area contributed by atoms with Gasteiger partial charge in [-0.25, -0.2) is 28.8 Å². The number of hydrogen-bond donors (Lipinski definition) is 6. The molecule has 0 aliphatic heterocycles. The van der Waals surface area contributed by atoms with E-state index in [0.717, 1.165) is 36.5 Å². The fraction of sp³-hybridized carbons (Fsp3) is 0.235. The molecule has 0 radical (unpaired) electrons. The summed E-state index contributed by atoms with van der Waals surface area (Å²) in [5.74, 6) is -5.89. The topological polar surface area (TPSA) is 224 Å². The van der Waals surface area contributed by atoms with Crippen molar-refractivity contribution in [1.82, 2.24) is 0 Å². The maximum atomic E-state index is 9.25. The van der Waals surface area contributed by atoms with Crippen LogP contribution in [0.25, 0.3) is 6.08 Å². The van der Waals surface area contributed by atoms with Gasteiger partial charge in [-0.05, 0) is 31.2 Å². The molecule has 0 saturated heterocycles. The van der Waals surface area contributed by atoms with Crippen LogP contribution in [0.2, 0.25) is 0 Å². The van der Waals surface area contributed by atoms with Crippen molar-refractivity contribution in [2.45, 2.75) is 51.4 Å². The summed E-state index contributed by atoms with van der Waals surface area (Å²) in [7, 11) is 0. The van der Waals surface area contributed by atoms with E-state index in [1.54, 1.807) is 5.57 Å². The van der Waals surface area contributed by atoms with E-state index >= 15 is 0 Å². The van der Waals surface area contributed by atoms with Gasteiger partial charge in [0, 0.05) is 36.5 Å². The standard InChI is InChI=1S/C16H22.6C3H4O2/c1-2-4-7-11-15(10-6-3-1)14-16-12-8-5-9-13-16;6*1-2-3(4)5/h5,8-9,12-14H,1-4,6-7,10-11H2;6*2H,1H2,(H,4,5). The highest BCUT2D eigenvalue weighted by Gasteiger charge is 2.02. The van der Waals surface area contributed by atoms with Gasteiger partial charge in [0.2, 0.25) is 0 Å². The van der Waals surface area contributed by atoms with Crippen LogP contribution in [0.3, 0.4) is 0 Å². The van der Waals surface area contributed by atoms with Crippen LogP contribution in [0.1, 0.15) is 56.9 Å². The Kier molecular flexibility index (Phi) is 42.5. The average Bonchev–Trinajstić information content (AvgIpc) is 3.17. The third-order valence-corrected chi connectivity index (χ3v) is 4.46. The summed E-state index contributed by atoms with van der Waals surface area (Å²) in [6, 6.07) is 10.8. The largest absolute Gasteiger partial charge is 0.478 e. The van der Waals surface area contributed by atoms with E-state index in [2.05, 4.69) is 75.9 Å². The first-order chi connectivity index (χ1) is 21.6. The average molecular weight is 647 g/mol. The second-order valence-corrected chi connectivity index (χ2v) is 8.09. The van der Waals surface area contributed by atoms with Gasteiger partial charge >= 0.3 is 35.8 Å². The van der Waals surface area contributed by atoms with Crippen molar-refractivity contribution in [2.24, 2.45) is 0 Å². The van der Waals surface area contributed by atoms with E-state index in [1.807, 2.05) is 0 Å². The molecular weight excluding hydrogens is 600 g/mol. The maximum absolute atomic E-state index is 9.25. The highest BCUT2D eigenvalue weighted by molar-refractivity contribution is 5.80. The molecule has 0 heterocycles. The Bertz CT molecular complexity index is 965. The molecule has 6 N–H and O–H groups in total. The lowest BCUT2D eigenvalue weighted by atomic mass is 10.0. The van der Waals surface area contributed by atoms with Crippen LogP contribution in [-0.2, 0) is 28.8 Å². The van der Waals surface area contributed by atoms with Crippen LogP contribution < -0.4 is 0 Å². The van der Waals surface area contributed by atoms with Gasteiger partial charge in [-0.15, -0.1) is 0 Å². The van der Waals surface area contributed by atoms with Gasteiger partial charge in [0.1, 0.15) is 0 Å². The molecule has 46 heavy (non-hydrogen) atoms. The van der Waals surface area contributed by atoms with Gasteiger partial charge in [-0.2, -0.15) is 0 Å². The lowest BCUT2D eigenvalue weighted by molar-refractivity contribution is -0.132. The molecule has 0 unspecified atom stereocenters. The highest BCUT2D eigenvalue weighted by Crippen LogP contribution is 2.23. The van der Waals surface area contributed by atoms with Crippen LogP contribution in [-0.4, -0.2) is 66.5 Å². The molecule has 0 amide bonds. The first-order valence-electron chi connectivity index (χ1n) is 13.4. The van der Waals surface area contributed by atoms with E-state index in [4.69, 9.17) is 30.6 Å². The molecule has 1 aliphatic carbocycles. The second-order valence-electron chi connectivity index (χ2n) is 8.09. The summed E-state index contributed by atoms with van der Waals surface area (Å²) in [6.07, 6.45) is 18.5. The van der Waals surface area contributed by atoms with Gasteiger partial charge in [0.25, 0.3) is 0 Å². The monoisotopic (exact) mass is 646 g/mol. The van der Waals surface area contributed by atoms with Gasteiger partial charge < -0.3 is 30.6 Å². The van der Waals surface area contributed by atoms with E-state index in [9.17, 15) is 28.8 Å². The van der Waals surface area contributed by atoms with Crippen molar-refractivity contribution in [3.8, 4) is 0 Å². The Morgan fingerprint density at radius 3 is 0.870 bits per heavy atom. The van der Waals surface area contributed by atoms with E-state index < -0.39 is 35.8 Å². The van der Waals surface area contributed by atoms with Crippen LogP contribution >= 0.6 is 0 Å². The fourth-order valence-corrected chi connectivity index (χ4v) is 2.47. The van der Waals surface area contributed by atoms with Crippen molar-refractivity contribution < 1.29 is 59.4 Å². The minimum absolute atomic E-state index is 0.833. The molecule has 1 saturated carbocycles. The predicted molar refractivity (Wildman–Crippen MR) is 178 cm³/mol.